The molecule has 2 N–H and O–H groups in total. The second-order valence-electron chi connectivity index (χ2n) is 11.9. The maximum Gasteiger partial charge on any atom is 0.319 e. The summed E-state index contributed by atoms with van der Waals surface area (Å²) in [7, 11) is 3.94. The molecule has 1 aromatic heterocycles. The SMILES string of the molecule is Cc1cccc(OCCCC(=O)N2CCCc3c(-c4cnn(Cc5cccc(NC(=O)NCCN(C)C)c5)c4)cccc32)c1C. The summed E-state index contributed by atoms with van der Waals surface area (Å²) in [5.74, 6) is 1.02. The largest absolute Gasteiger partial charge is 0.493 e. The van der Waals surface area contributed by atoms with Gasteiger partial charge in [0.05, 0.1) is 19.3 Å². The van der Waals surface area contributed by atoms with E-state index >= 15 is 0 Å². The lowest BCUT2D eigenvalue weighted by atomic mass is 9.93. The zero-order valence-corrected chi connectivity index (χ0v) is 26.8. The number of nitrogens with zero attached hydrogens (tertiary/aromatic N) is 4. The van der Waals surface area contributed by atoms with Crippen LogP contribution >= 0.6 is 0 Å². The number of anilines is 2. The number of benzene rings is 3. The number of urea groups is 1. The fraction of sp³-hybridized carbons (Fsp3) is 0.361. The predicted octanol–water partition coefficient (Wildman–Crippen LogP) is 6.04. The third-order valence-electron chi connectivity index (χ3n) is 8.22. The highest BCUT2D eigenvalue weighted by Gasteiger charge is 2.24. The first-order valence-corrected chi connectivity index (χ1v) is 15.7. The van der Waals surface area contributed by atoms with Crippen LogP contribution in [0.15, 0.2) is 73.1 Å². The van der Waals surface area contributed by atoms with Gasteiger partial charge in [-0.05, 0) is 99.3 Å². The van der Waals surface area contributed by atoms with E-state index < -0.39 is 0 Å². The number of nitrogens with one attached hydrogen (secondary N) is 2. The molecule has 0 aliphatic carbocycles. The Kier molecular flexibility index (Phi) is 10.5. The van der Waals surface area contributed by atoms with E-state index in [1.165, 1.54) is 11.1 Å². The highest BCUT2D eigenvalue weighted by Crippen LogP contribution is 2.36. The Labute approximate surface area is 266 Å². The quantitative estimate of drug-likeness (QED) is 0.192. The number of ether oxygens (including phenoxy) is 1. The van der Waals surface area contributed by atoms with Crippen LogP contribution in [0.1, 0.15) is 41.5 Å². The molecule has 45 heavy (non-hydrogen) atoms. The molecule has 0 spiro atoms. The molecular weight excluding hydrogens is 564 g/mol. The molecule has 3 aromatic carbocycles. The zero-order chi connectivity index (χ0) is 31.8. The number of fused-ring (bicyclic) bond motifs is 1. The minimum atomic E-state index is -0.220. The number of likely N-dealkylation sites (N-methyl/N-ethyl adjacent to an activating group) is 1. The zero-order valence-electron chi connectivity index (χ0n) is 26.8. The van der Waals surface area contributed by atoms with Crippen LogP contribution in [0.5, 0.6) is 5.75 Å². The van der Waals surface area contributed by atoms with E-state index in [0.717, 1.165) is 65.3 Å². The molecule has 4 aromatic rings. The van der Waals surface area contributed by atoms with Crippen molar-refractivity contribution in [3.63, 3.8) is 0 Å². The molecule has 0 bridgehead atoms. The Morgan fingerprint density at radius 1 is 1.04 bits per heavy atom. The van der Waals surface area contributed by atoms with Gasteiger partial charge in [-0.2, -0.15) is 5.10 Å². The van der Waals surface area contributed by atoms with Gasteiger partial charge >= 0.3 is 6.03 Å². The average Bonchev–Trinajstić information content (AvgIpc) is 3.48. The second kappa shape index (κ2) is 14.9. The van der Waals surface area contributed by atoms with E-state index in [9.17, 15) is 9.59 Å². The van der Waals surface area contributed by atoms with Crippen LogP contribution in [-0.2, 0) is 17.8 Å². The lowest BCUT2D eigenvalue weighted by molar-refractivity contribution is -0.118. The summed E-state index contributed by atoms with van der Waals surface area (Å²) in [5, 5.41) is 10.4. The van der Waals surface area contributed by atoms with Gasteiger partial charge < -0.3 is 25.2 Å². The summed E-state index contributed by atoms with van der Waals surface area (Å²) >= 11 is 0. The highest BCUT2D eigenvalue weighted by molar-refractivity contribution is 5.96. The van der Waals surface area contributed by atoms with Gasteiger partial charge in [0.15, 0.2) is 0 Å². The van der Waals surface area contributed by atoms with Gasteiger partial charge in [0.1, 0.15) is 5.75 Å². The summed E-state index contributed by atoms with van der Waals surface area (Å²) in [6.07, 6.45) is 6.89. The van der Waals surface area contributed by atoms with E-state index in [4.69, 9.17) is 4.74 Å². The molecular formula is C36H44N6O3. The summed E-state index contributed by atoms with van der Waals surface area (Å²) in [6.45, 7) is 7.30. The molecule has 1 aliphatic rings. The van der Waals surface area contributed by atoms with Crippen molar-refractivity contribution in [1.29, 1.82) is 0 Å². The van der Waals surface area contributed by atoms with E-state index in [0.29, 0.717) is 32.5 Å². The number of carbonyl (C=O) groups is 2. The minimum Gasteiger partial charge on any atom is -0.493 e. The summed E-state index contributed by atoms with van der Waals surface area (Å²) in [6, 6.07) is 19.9. The van der Waals surface area contributed by atoms with Crippen LogP contribution in [0.2, 0.25) is 0 Å². The number of hydrogen-bond acceptors (Lipinski definition) is 5. The maximum atomic E-state index is 13.3. The normalized spacial score (nSPS) is 12.6. The van der Waals surface area contributed by atoms with Crippen molar-refractivity contribution in [1.82, 2.24) is 20.0 Å². The summed E-state index contributed by atoms with van der Waals surface area (Å²) in [4.78, 5) is 29.6. The average molecular weight is 609 g/mol. The predicted molar refractivity (Wildman–Crippen MR) is 180 cm³/mol. The van der Waals surface area contributed by atoms with Crippen molar-refractivity contribution in [3.8, 4) is 16.9 Å². The molecule has 0 unspecified atom stereocenters. The standard InChI is InChI=1S/C36H44N6O3/c1-26-10-5-16-34(27(26)2)45-21-9-17-35(43)42-19-8-14-32-31(13-7-15-33(32)42)29-23-38-41(25-29)24-28-11-6-12-30(22-28)39-36(44)37-18-20-40(3)4/h5-7,10-13,15-16,22-23,25H,8-9,14,17-21,24H2,1-4H3,(H2,37,39,44). The highest BCUT2D eigenvalue weighted by atomic mass is 16.5. The van der Waals surface area contributed by atoms with Crippen LogP contribution in [0, 0.1) is 13.8 Å². The molecule has 236 valence electrons. The Hall–Kier alpha value is -4.63. The van der Waals surface area contributed by atoms with Crippen LogP contribution in [0.3, 0.4) is 0 Å². The third kappa shape index (κ3) is 8.30. The molecule has 0 fully saturated rings. The number of amides is 3. The van der Waals surface area contributed by atoms with Crippen LogP contribution in [0.4, 0.5) is 16.2 Å². The Bertz CT molecular complexity index is 1630. The van der Waals surface area contributed by atoms with Gasteiger partial charge in [0.2, 0.25) is 5.91 Å². The first-order valence-electron chi connectivity index (χ1n) is 15.7. The summed E-state index contributed by atoms with van der Waals surface area (Å²) < 4.78 is 7.90. The summed E-state index contributed by atoms with van der Waals surface area (Å²) in [5.41, 5.74) is 8.44. The van der Waals surface area contributed by atoms with Crippen LogP contribution in [-0.4, -0.2) is 67.0 Å². The number of hydrogen-bond donors (Lipinski definition) is 2. The van der Waals surface area contributed by atoms with Crippen molar-refractivity contribution in [3.05, 3.63) is 95.3 Å². The third-order valence-corrected chi connectivity index (χ3v) is 8.22. The Morgan fingerprint density at radius 2 is 1.87 bits per heavy atom. The van der Waals surface area contributed by atoms with Gasteiger partial charge in [-0.1, -0.05) is 36.4 Å². The monoisotopic (exact) mass is 608 g/mol. The molecule has 9 heteroatoms. The minimum absolute atomic E-state index is 0.133. The molecule has 3 amide bonds. The Morgan fingerprint density at radius 3 is 2.71 bits per heavy atom. The molecule has 5 rings (SSSR count). The number of carbonyl (C=O) groups excluding carboxylic acids is 2. The van der Waals surface area contributed by atoms with E-state index in [-0.39, 0.29) is 11.9 Å². The van der Waals surface area contributed by atoms with Crippen LogP contribution < -0.4 is 20.3 Å². The van der Waals surface area contributed by atoms with Gasteiger partial charge in [0, 0.05) is 49.2 Å². The second-order valence-corrected chi connectivity index (χ2v) is 11.9. The molecule has 0 radical (unpaired) electrons. The van der Waals surface area contributed by atoms with E-state index in [1.54, 1.807) is 0 Å². The van der Waals surface area contributed by atoms with Gasteiger partial charge in [-0.15, -0.1) is 0 Å². The molecule has 0 saturated carbocycles. The smallest absolute Gasteiger partial charge is 0.319 e. The van der Waals surface area contributed by atoms with Gasteiger partial charge in [-0.25, -0.2) is 4.79 Å². The van der Waals surface area contributed by atoms with Crippen molar-refractivity contribution >= 4 is 23.3 Å². The van der Waals surface area contributed by atoms with Gasteiger partial charge in [0.25, 0.3) is 0 Å². The van der Waals surface area contributed by atoms with Crippen molar-refractivity contribution in [2.24, 2.45) is 0 Å². The van der Waals surface area contributed by atoms with Crippen molar-refractivity contribution in [2.75, 3.05) is 50.6 Å². The molecule has 1 aliphatic heterocycles. The van der Waals surface area contributed by atoms with Crippen molar-refractivity contribution in [2.45, 2.75) is 46.1 Å². The Balaban J connectivity index is 1.20. The molecule has 0 saturated heterocycles. The fourth-order valence-electron chi connectivity index (χ4n) is 5.67. The lowest BCUT2D eigenvalue weighted by Crippen LogP contribution is -2.35. The molecule has 2 heterocycles. The fourth-order valence-corrected chi connectivity index (χ4v) is 5.67. The topological polar surface area (TPSA) is 91.7 Å². The molecule has 9 nitrogen and oxygen atoms in total. The first-order chi connectivity index (χ1) is 21.8. The van der Waals surface area contributed by atoms with Gasteiger partial charge in [-0.3, -0.25) is 9.48 Å². The van der Waals surface area contributed by atoms with Crippen LogP contribution in [0.25, 0.3) is 11.1 Å². The molecule has 0 atom stereocenters. The lowest BCUT2D eigenvalue weighted by Gasteiger charge is -2.31. The van der Waals surface area contributed by atoms with Crippen molar-refractivity contribution < 1.29 is 14.3 Å². The van der Waals surface area contributed by atoms with E-state index in [2.05, 4.69) is 54.0 Å². The maximum absolute atomic E-state index is 13.3. The first kappa shape index (κ1) is 31.8. The number of aromatic nitrogens is 2. The number of rotatable bonds is 12. The number of aryl methyl sites for hydroxylation is 1. The van der Waals surface area contributed by atoms with E-state index in [1.807, 2.05) is 77.2 Å².